The van der Waals surface area contributed by atoms with Crippen LogP contribution in [0.1, 0.15) is 52.2 Å². The summed E-state index contributed by atoms with van der Waals surface area (Å²) in [6, 6.07) is 8.40. The summed E-state index contributed by atoms with van der Waals surface area (Å²) in [6.45, 7) is 6.26. The average molecular weight is 383 g/mol. The maximum absolute atomic E-state index is 13.0. The Kier molecular flexibility index (Phi) is 3.20. The number of nitrogens with one attached hydrogen (secondary N) is 1. The number of ketones is 1. The second-order valence-corrected chi connectivity index (χ2v) is 7.78. The third kappa shape index (κ3) is 1.85. The van der Waals surface area contributed by atoms with Crippen LogP contribution in [0.3, 0.4) is 0 Å². The van der Waals surface area contributed by atoms with Crippen LogP contribution >= 0.6 is 0 Å². The first-order chi connectivity index (χ1) is 14.2. The Morgan fingerprint density at radius 1 is 1.00 bits per heavy atom. The third-order valence-corrected chi connectivity index (χ3v) is 6.49. The van der Waals surface area contributed by atoms with E-state index in [1.807, 2.05) is 12.2 Å². The molecule has 0 atom stereocenters. The molecule has 1 aliphatic carbocycles. The molecule has 1 N–H and O–H groups in total. The normalized spacial score (nSPS) is 15.5. The van der Waals surface area contributed by atoms with Crippen LogP contribution in [-0.2, 0) is 19.6 Å². The Labute approximate surface area is 167 Å². The van der Waals surface area contributed by atoms with Crippen LogP contribution in [0.2, 0.25) is 0 Å². The highest BCUT2D eigenvalue weighted by Gasteiger charge is 2.34. The number of benzene rings is 2. The van der Waals surface area contributed by atoms with Crippen LogP contribution < -0.4 is 5.32 Å². The fourth-order valence-corrected chi connectivity index (χ4v) is 5.44. The van der Waals surface area contributed by atoms with Crippen molar-refractivity contribution in [3.63, 3.8) is 0 Å². The molecule has 3 heterocycles. The van der Waals surface area contributed by atoms with Crippen molar-refractivity contribution in [1.29, 1.82) is 0 Å². The molecule has 2 aromatic carbocycles. The zero-order chi connectivity index (χ0) is 19.9. The Morgan fingerprint density at radius 3 is 2.55 bits per heavy atom. The highest BCUT2D eigenvalue weighted by molar-refractivity contribution is 6.28. The van der Waals surface area contributed by atoms with E-state index in [4.69, 9.17) is 0 Å². The summed E-state index contributed by atoms with van der Waals surface area (Å²) in [5.74, 6) is 0.0859. The van der Waals surface area contributed by atoms with Crippen molar-refractivity contribution in [2.45, 2.75) is 39.9 Å². The molecule has 144 valence electrons. The molecule has 0 radical (unpaired) electrons. The second kappa shape index (κ2) is 5.60. The summed E-state index contributed by atoms with van der Waals surface area (Å²) in [4.78, 5) is 25.9. The number of nitrogens with zero attached hydrogens (tertiary/aromatic N) is 2. The number of allylic oxidation sites excluding steroid dienone is 1. The van der Waals surface area contributed by atoms with E-state index in [2.05, 4.69) is 52.6 Å². The molecule has 0 bridgehead atoms. The molecule has 29 heavy (non-hydrogen) atoms. The zero-order valence-electron chi connectivity index (χ0n) is 16.5. The molecule has 5 nitrogen and oxygen atoms in total. The zero-order valence-corrected chi connectivity index (χ0v) is 16.5. The quantitative estimate of drug-likeness (QED) is 0.549. The van der Waals surface area contributed by atoms with Crippen LogP contribution in [0.25, 0.3) is 38.8 Å². The Bertz CT molecular complexity index is 1430. The molecule has 0 unspecified atom stereocenters. The fourth-order valence-electron chi connectivity index (χ4n) is 5.44. The van der Waals surface area contributed by atoms with E-state index in [-0.39, 0.29) is 11.7 Å². The Balaban J connectivity index is 2.01. The fraction of sp³-hybridized carbons (Fsp3) is 0.250. The molecule has 1 amide bonds. The third-order valence-electron chi connectivity index (χ3n) is 6.49. The van der Waals surface area contributed by atoms with Gasteiger partial charge in [0.15, 0.2) is 5.78 Å². The van der Waals surface area contributed by atoms with Crippen molar-refractivity contribution in [1.82, 2.24) is 14.5 Å². The number of hydrogen-bond acceptors (Lipinski definition) is 2. The van der Waals surface area contributed by atoms with Gasteiger partial charge in [-0.15, -0.1) is 0 Å². The molecule has 4 aromatic rings. The molecule has 6 rings (SSSR count). The topological polar surface area (TPSA) is 56.0 Å². The number of aromatic nitrogens is 2. The summed E-state index contributed by atoms with van der Waals surface area (Å²) in [5, 5.41) is 6.28. The van der Waals surface area contributed by atoms with Gasteiger partial charge in [0, 0.05) is 53.3 Å². The molecule has 2 aromatic heterocycles. The lowest BCUT2D eigenvalue weighted by atomic mass is 9.94. The highest BCUT2D eigenvalue weighted by atomic mass is 16.2. The molecule has 5 heteroatoms. The van der Waals surface area contributed by atoms with Gasteiger partial charge in [0.1, 0.15) is 0 Å². The number of rotatable bonds is 2. The Hall–Kier alpha value is -3.34. The van der Waals surface area contributed by atoms with Crippen LogP contribution in [0.15, 0.2) is 30.3 Å². The van der Waals surface area contributed by atoms with Crippen molar-refractivity contribution in [3.8, 4) is 0 Å². The average Bonchev–Trinajstić information content (AvgIpc) is 3.37. The summed E-state index contributed by atoms with van der Waals surface area (Å²) >= 11 is 0. The maximum atomic E-state index is 13.0. The van der Waals surface area contributed by atoms with Crippen molar-refractivity contribution >= 4 is 50.5 Å². The van der Waals surface area contributed by atoms with E-state index < -0.39 is 0 Å². The first kappa shape index (κ1) is 16.6. The monoisotopic (exact) mass is 383 g/mol. The van der Waals surface area contributed by atoms with Crippen molar-refractivity contribution in [3.05, 3.63) is 52.7 Å². The molecule has 0 saturated carbocycles. The summed E-state index contributed by atoms with van der Waals surface area (Å²) < 4.78 is 4.47. The van der Waals surface area contributed by atoms with Gasteiger partial charge in [0.25, 0.3) is 5.91 Å². The number of carbonyl (C=O) groups excluding carboxylic acids is 2. The van der Waals surface area contributed by atoms with Crippen molar-refractivity contribution in [2.24, 2.45) is 0 Å². The van der Waals surface area contributed by atoms with Crippen molar-refractivity contribution in [2.75, 3.05) is 0 Å². The van der Waals surface area contributed by atoms with Gasteiger partial charge in [0.2, 0.25) is 0 Å². The summed E-state index contributed by atoms with van der Waals surface area (Å²) in [6.07, 6.45) is 4.36. The molecule has 0 saturated heterocycles. The molecule has 1 aliphatic heterocycles. The Morgan fingerprint density at radius 2 is 1.76 bits per heavy atom. The van der Waals surface area contributed by atoms with Gasteiger partial charge in [0.05, 0.1) is 22.3 Å². The lowest BCUT2D eigenvalue weighted by molar-refractivity contribution is 0.0963. The second-order valence-electron chi connectivity index (χ2n) is 7.78. The number of amides is 1. The first-order valence-corrected chi connectivity index (χ1v) is 10.3. The van der Waals surface area contributed by atoms with Gasteiger partial charge in [-0.05, 0) is 25.5 Å². The predicted molar refractivity (Wildman–Crippen MR) is 115 cm³/mol. The van der Waals surface area contributed by atoms with Crippen LogP contribution in [-0.4, -0.2) is 20.8 Å². The summed E-state index contributed by atoms with van der Waals surface area (Å²) in [5.41, 5.74) is 6.77. The van der Waals surface area contributed by atoms with Gasteiger partial charge in [-0.2, -0.15) is 0 Å². The maximum Gasteiger partial charge on any atom is 0.252 e. The first-order valence-electron chi connectivity index (χ1n) is 10.3. The van der Waals surface area contributed by atoms with Gasteiger partial charge < -0.3 is 14.5 Å². The van der Waals surface area contributed by atoms with Gasteiger partial charge in [-0.1, -0.05) is 30.4 Å². The molecule has 2 aliphatic rings. The number of fused-ring (bicyclic) bond motifs is 10. The minimum atomic E-state index is -0.0392. The summed E-state index contributed by atoms with van der Waals surface area (Å²) in [7, 11) is 0. The number of Topliss-reactive ketones (excluding diaryl/α,β-unsaturated/α-hetero) is 1. The molecule has 0 spiro atoms. The number of aryl methyl sites for hydroxylation is 2. The van der Waals surface area contributed by atoms with E-state index in [0.717, 1.165) is 50.7 Å². The molecular formula is C24H21N3O2. The number of para-hydroxylation sites is 1. The lowest BCUT2D eigenvalue weighted by Gasteiger charge is -2.12. The van der Waals surface area contributed by atoms with Crippen LogP contribution in [0, 0.1) is 0 Å². The van der Waals surface area contributed by atoms with E-state index >= 15 is 0 Å². The minimum Gasteiger partial charge on any atom is -0.348 e. The van der Waals surface area contributed by atoms with E-state index in [1.165, 1.54) is 10.9 Å². The largest absolute Gasteiger partial charge is 0.348 e. The number of carbonyl (C=O) groups is 2. The predicted octanol–water partition coefficient (Wildman–Crippen LogP) is 4.63. The standard InChI is InChI=1S/C24H21N3O2/c1-3-26-16-10-6-5-8-13(16)18-15-12-25-24(29)20(15)19-14-9-7-11-17(28)21(14)27(4-2)23(19)22(18)26/h5-10H,3-4,11-12H2,1-2H3,(H,25,29). The van der Waals surface area contributed by atoms with Crippen molar-refractivity contribution < 1.29 is 9.59 Å². The molecule has 0 fully saturated rings. The van der Waals surface area contributed by atoms with Crippen LogP contribution in [0.5, 0.6) is 0 Å². The van der Waals surface area contributed by atoms with Gasteiger partial charge in [-0.3, -0.25) is 9.59 Å². The SMILES string of the molecule is CCn1c2c(c3c4c(c5c6ccccc6n(CC)c5c31)CNC4=O)C=CCC2=O. The smallest absolute Gasteiger partial charge is 0.252 e. The van der Waals surface area contributed by atoms with E-state index in [0.29, 0.717) is 19.5 Å². The number of hydrogen-bond donors (Lipinski definition) is 1. The lowest BCUT2D eigenvalue weighted by Crippen LogP contribution is -2.13. The van der Waals surface area contributed by atoms with Crippen LogP contribution in [0.4, 0.5) is 0 Å². The van der Waals surface area contributed by atoms with Gasteiger partial charge >= 0.3 is 0 Å². The van der Waals surface area contributed by atoms with E-state index in [1.54, 1.807) is 0 Å². The van der Waals surface area contributed by atoms with E-state index in [9.17, 15) is 9.59 Å². The minimum absolute atomic E-state index is 0.0392. The highest BCUT2D eigenvalue weighted by Crippen LogP contribution is 2.45. The van der Waals surface area contributed by atoms with Gasteiger partial charge in [-0.25, -0.2) is 0 Å². The molecular weight excluding hydrogens is 362 g/mol.